The summed E-state index contributed by atoms with van der Waals surface area (Å²) in [5.74, 6) is -0.440. The van der Waals surface area contributed by atoms with Crippen LogP contribution in [0.3, 0.4) is 0 Å². The number of hydrogen-bond donors (Lipinski definition) is 4. The van der Waals surface area contributed by atoms with Crippen LogP contribution in [0.15, 0.2) is 15.5 Å². The van der Waals surface area contributed by atoms with E-state index in [1.165, 1.54) is 10.9 Å². The summed E-state index contributed by atoms with van der Waals surface area (Å²) in [7, 11) is 0. The van der Waals surface area contributed by atoms with Gasteiger partial charge in [0, 0.05) is 12.5 Å². The zero-order chi connectivity index (χ0) is 14.4. The van der Waals surface area contributed by atoms with E-state index in [1.807, 2.05) is 0 Å². The van der Waals surface area contributed by atoms with E-state index in [0.29, 0.717) is 6.42 Å². The summed E-state index contributed by atoms with van der Waals surface area (Å²) in [5.41, 5.74) is 4.88. The number of fused-ring (bicyclic) bond motifs is 1. The van der Waals surface area contributed by atoms with E-state index in [1.54, 1.807) is 0 Å². The summed E-state index contributed by atoms with van der Waals surface area (Å²) >= 11 is 0. The molecule has 0 aliphatic heterocycles. The zero-order valence-corrected chi connectivity index (χ0v) is 10.4. The van der Waals surface area contributed by atoms with Gasteiger partial charge in [0.2, 0.25) is 0 Å². The highest BCUT2D eigenvalue weighted by molar-refractivity contribution is 5.69. The van der Waals surface area contributed by atoms with Gasteiger partial charge in [-0.15, -0.1) is 0 Å². The molecule has 9 heteroatoms. The molecule has 2 aromatic heterocycles. The van der Waals surface area contributed by atoms with Gasteiger partial charge in [-0.1, -0.05) is 0 Å². The number of hydrogen-bond acceptors (Lipinski definition) is 8. The maximum Gasteiger partial charge on any atom is 0.368 e. The number of nitrogen functional groups attached to an aromatic ring is 1. The summed E-state index contributed by atoms with van der Waals surface area (Å²) in [6.45, 7) is -0.237. The Kier molecular flexibility index (Phi) is 2.96. The van der Waals surface area contributed by atoms with Gasteiger partial charge in [0.05, 0.1) is 18.5 Å². The van der Waals surface area contributed by atoms with Crippen molar-refractivity contribution in [2.45, 2.75) is 24.7 Å². The van der Waals surface area contributed by atoms with Crippen LogP contribution in [-0.4, -0.2) is 48.7 Å². The lowest BCUT2D eigenvalue weighted by Crippen LogP contribution is -2.30. The molecule has 0 saturated heterocycles. The van der Waals surface area contributed by atoms with Crippen molar-refractivity contribution in [3.63, 3.8) is 0 Å². The Labute approximate surface area is 112 Å². The molecule has 20 heavy (non-hydrogen) atoms. The highest BCUT2D eigenvalue weighted by atomic mass is 16.4. The van der Waals surface area contributed by atoms with Crippen molar-refractivity contribution in [3.05, 3.63) is 16.7 Å². The number of anilines is 1. The molecular weight excluding hydrogens is 268 g/mol. The lowest BCUT2D eigenvalue weighted by molar-refractivity contribution is -0.00370. The number of rotatable bonds is 2. The van der Waals surface area contributed by atoms with Gasteiger partial charge < -0.3 is 30.0 Å². The molecule has 0 radical (unpaired) electrons. The fraction of sp³-hybridized carbons (Fsp3) is 0.545. The van der Waals surface area contributed by atoms with Gasteiger partial charge in [0.1, 0.15) is 6.10 Å². The quantitative estimate of drug-likeness (QED) is 0.506. The molecule has 1 aliphatic rings. The summed E-state index contributed by atoms with van der Waals surface area (Å²) < 4.78 is 6.12. The fourth-order valence-electron chi connectivity index (χ4n) is 2.68. The van der Waals surface area contributed by atoms with Crippen molar-refractivity contribution in [1.82, 2.24) is 14.5 Å². The molecule has 1 fully saturated rings. The molecule has 108 valence electrons. The van der Waals surface area contributed by atoms with Crippen LogP contribution in [0.5, 0.6) is 0 Å². The molecular formula is C11H14N4O5. The van der Waals surface area contributed by atoms with Crippen molar-refractivity contribution in [3.8, 4) is 0 Å². The normalized spacial score (nSPS) is 30.1. The Hall–Kier alpha value is -1.97. The van der Waals surface area contributed by atoms with E-state index in [0.717, 1.165) is 0 Å². The number of nitrogens with two attached hydrogens (primary N) is 1. The number of aromatic nitrogens is 3. The monoisotopic (exact) mass is 282 g/mol. The van der Waals surface area contributed by atoms with Crippen LogP contribution in [-0.2, 0) is 0 Å². The molecule has 2 heterocycles. The second-order valence-electron chi connectivity index (χ2n) is 4.89. The van der Waals surface area contributed by atoms with E-state index >= 15 is 0 Å². The minimum Gasteiger partial charge on any atom is -0.396 e. The minimum absolute atomic E-state index is 0.00772. The third kappa shape index (κ3) is 1.79. The molecule has 1 aliphatic carbocycles. The molecule has 0 amide bonds. The van der Waals surface area contributed by atoms with Crippen LogP contribution in [0.4, 0.5) is 6.01 Å². The Morgan fingerprint density at radius 3 is 2.85 bits per heavy atom. The molecule has 5 N–H and O–H groups in total. The van der Waals surface area contributed by atoms with Gasteiger partial charge >= 0.3 is 5.63 Å². The Morgan fingerprint density at radius 2 is 2.20 bits per heavy atom. The molecule has 1 saturated carbocycles. The molecule has 9 nitrogen and oxygen atoms in total. The van der Waals surface area contributed by atoms with E-state index in [4.69, 9.17) is 5.73 Å². The lowest BCUT2D eigenvalue weighted by Gasteiger charge is -2.18. The van der Waals surface area contributed by atoms with Crippen molar-refractivity contribution in [2.75, 3.05) is 12.3 Å². The second-order valence-corrected chi connectivity index (χ2v) is 4.89. The second kappa shape index (κ2) is 4.54. The first-order valence-electron chi connectivity index (χ1n) is 6.13. The van der Waals surface area contributed by atoms with Gasteiger partial charge in [-0.3, -0.25) is 0 Å². The van der Waals surface area contributed by atoms with Gasteiger partial charge in [-0.2, -0.15) is 4.98 Å². The Balaban J connectivity index is 2.09. The first-order valence-corrected chi connectivity index (χ1v) is 6.13. The lowest BCUT2D eigenvalue weighted by atomic mass is 10.1. The molecule has 3 rings (SSSR count). The number of imidazole rings is 1. The van der Waals surface area contributed by atoms with Crippen molar-refractivity contribution in [2.24, 2.45) is 5.92 Å². The van der Waals surface area contributed by atoms with Crippen molar-refractivity contribution in [1.29, 1.82) is 0 Å². The molecule has 0 bridgehead atoms. The molecule has 2 aromatic rings. The standard InChI is InChI=1S/C11H14N4O5/c12-11-14-9-6(10(19)20-11)13-3-15(9)5-1-4(2-16)7(17)8(5)18/h3-5,7-8,16-18H,1-2H2,(H2,12,14)/t4-,5-,7-,8+/m1/s1. The Morgan fingerprint density at radius 1 is 1.45 bits per heavy atom. The maximum absolute atomic E-state index is 11.6. The molecule has 0 spiro atoms. The molecule has 0 unspecified atom stereocenters. The van der Waals surface area contributed by atoms with E-state index in [9.17, 15) is 20.1 Å². The van der Waals surface area contributed by atoms with E-state index in [-0.39, 0.29) is 23.8 Å². The largest absolute Gasteiger partial charge is 0.396 e. The first-order chi connectivity index (χ1) is 9.52. The van der Waals surface area contributed by atoms with Gasteiger partial charge in [-0.25, -0.2) is 9.78 Å². The molecule has 0 aromatic carbocycles. The number of aliphatic hydroxyl groups excluding tert-OH is 3. The third-order valence-electron chi connectivity index (χ3n) is 3.74. The van der Waals surface area contributed by atoms with Crippen molar-refractivity contribution >= 4 is 17.2 Å². The van der Waals surface area contributed by atoms with Crippen molar-refractivity contribution < 1.29 is 19.7 Å². The van der Waals surface area contributed by atoms with Crippen LogP contribution in [0.25, 0.3) is 11.2 Å². The van der Waals surface area contributed by atoms with Crippen LogP contribution in [0.2, 0.25) is 0 Å². The van der Waals surface area contributed by atoms with E-state index < -0.39 is 29.8 Å². The smallest absolute Gasteiger partial charge is 0.368 e. The average molecular weight is 282 g/mol. The SMILES string of the molecule is Nc1nc2c(ncn2[C@@H]2C[C@H](CO)[C@@H](O)[C@H]2O)c(=O)o1. The highest BCUT2D eigenvalue weighted by Gasteiger charge is 2.42. The van der Waals surface area contributed by atoms with Crippen LogP contribution < -0.4 is 11.4 Å². The highest BCUT2D eigenvalue weighted by Crippen LogP contribution is 2.36. The topological polar surface area (TPSA) is 148 Å². The fourth-order valence-corrected chi connectivity index (χ4v) is 2.68. The van der Waals surface area contributed by atoms with Crippen LogP contribution in [0, 0.1) is 5.92 Å². The number of aliphatic hydroxyl groups is 3. The summed E-state index contributed by atoms with van der Waals surface area (Å²) in [5, 5.41) is 29.1. The Bertz CT molecular complexity index is 696. The summed E-state index contributed by atoms with van der Waals surface area (Å²) in [6.07, 6.45) is -0.444. The van der Waals surface area contributed by atoms with Gasteiger partial charge in [-0.05, 0) is 6.42 Å². The molecule has 4 atom stereocenters. The van der Waals surface area contributed by atoms with E-state index in [2.05, 4.69) is 14.4 Å². The number of nitrogens with zero attached hydrogens (tertiary/aromatic N) is 3. The predicted molar refractivity (Wildman–Crippen MR) is 66.7 cm³/mol. The van der Waals surface area contributed by atoms with Crippen LogP contribution >= 0.6 is 0 Å². The maximum atomic E-state index is 11.6. The first kappa shape index (κ1) is 13.0. The van der Waals surface area contributed by atoms with Gasteiger partial charge in [0.25, 0.3) is 6.01 Å². The average Bonchev–Trinajstić information content (AvgIpc) is 2.93. The summed E-state index contributed by atoms with van der Waals surface area (Å²) in [6, 6.07) is -0.836. The third-order valence-corrected chi connectivity index (χ3v) is 3.74. The predicted octanol–water partition coefficient (Wildman–Crippen LogP) is -1.76. The zero-order valence-electron chi connectivity index (χ0n) is 10.4. The summed E-state index contributed by atoms with van der Waals surface area (Å²) in [4.78, 5) is 19.4. The minimum atomic E-state index is -1.08. The van der Waals surface area contributed by atoms with Crippen LogP contribution in [0.1, 0.15) is 12.5 Å². The van der Waals surface area contributed by atoms with Gasteiger partial charge in [0.15, 0.2) is 11.2 Å².